The highest BCUT2D eigenvalue weighted by Gasteiger charge is 2.46. The van der Waals surface area contributed by atoms with Gasteiger partial charge in [-0.25, -0.2) is 0 Å². The van der Waals surface area contributed by atoms with E-state index in [-0.39, 0.29) is 11.5 Å². The number of benzene rings is 1. The number of carbonyl (C=O) groups excluding carboxylic acids is 1. The monoisotopic (exact) mass is 365 g/mol. The van der Waals surface area contributed by atoms with Gasteiger partial charge in [-0.3, -0.25) is 4.79 Å². The molecule has 136 valence electrons. The molecule has 1 aromatic carbocycles. The van der Waals surface area contributed by atoms with E-state index < -0.39 is 24.2 Å². The van der Waals surface area contributed by atoms with Crippen molar-refractivity contribution < 1.29 is 19.0 Å². The summed E-state index contributed by atoms with van der Waals surface area (Å²) in [5.74, 6) is 0.382. The maximum Gasteiger partial charge on any atom is 0.303 e. The molecule has 8 heteroatoms. The van der Waals surface area contributed by atoms with Crippen molar-refractivity contribution in [2.24, 2.45) is 5.11 Å². The first-order valence-corrected chi connectivity index (χ1v) is 9.25. The topological polar surface area (TPSA) is 93.5 Å². The Morgan fingerprint density at radius 1 is 1.36 bits per heavy atom. The molecule has 1 aliphatic rings. The Labute approximate surface area is 151 Å². The summed E-state index contributed by atoms with van der Waals surface area (Å²) in [5, 5.41) is 3.79. The first-order valence-electron chi connectivity index (χ1n) is 8.20. The van der Waals surface area contributed by atoms with Crippen molar-refractivity contribution in [3.8, 4) is 0 Å². The van der Waals surface area contributed by atoms with Gasteiger partial charge in [0.15, 0.2) is 0 Å². The number of hydrogen-bond acceptors (Lipinski definition) is 6. The summed E-state index contributed by atoms with van der Waals surface area (Å²) in [6, 6.07) is 9.08. The molecule has 1 heterocycles. The van der Waals surface area contributed by atoms with E-state index >= 15 is 0 Å². The smallest absolute Gasteiger partial charge is 0.303 e. The van der Waals surface area contributed by atoms with E-state index in [4.69, 9.17) is 19.7 Å². The van der Waals surface area contributed by atoms with Crippen LogP contribution >= 0.6 is 11.8 Å². The van der Waals surface area contributed by atoms with Crippen molar-refractivity contribution in [1.82, 2.24) is 0 Å². The summed E-state index contributed by atoms with van der Waals surface area (Å²) >= 11 is 1.58. The van der Waals surface area contributed by atoms with E-state index in [9.17, 15) is 4.79 Å². The van der Waals surface area contributed by atoms with Crippen LogP contribution in [0.2, 0.25) is 0 Å². The summed E-state index contributed by atoms with van der Waals surface area (Å²) in [6.07, 6.45) is -1.59. The van der Waals surface area contributed by atoms with Crippen molar-refractivity contribution in [3.05, 3.63) is 46.3 Å². The Morgan fingerprint density at radius 3 is 2.68 bits per heavy atom. The average molecular weight is 365 g/mol. The second kappa shape index (κ2) is 9.68. The van der Waals surface area contributed by atoms with Crippen LogP contribution in [0.15, 0.2) is 35.4 Å². The number of esters is 1. The summed E-state index contributed by atoms with van der Waals surface area (Å²) in [5.41, 5.74) is 9.56. The zero-order valence-corrected chi connectivity index (χ0v) is 15.4. The summed E-state index contributed by atoms with van der Waals surface area (Å²) in [7, 11) is 0. The van der Waals surface area contributed by atoms with E-state index in [0.717, 1.165) is 11.3 Å². The minimum atomic E-state index is -0.690. The zero-order chi connectivity index (χ0) is 18.2. The van der Waals surface area contributed by atoms with E-state index in [1.54, 1.807) is 11.8 Å². The van der Waals surface area contributed by atoms with Gasteiger partial charge < -0.3 is 14.2 Å². The van der Waals surface area contributed by atoms with Crippen LogP contribution in [0.25, 0.3) is 10.4 Å². The van der Waals surface area contributed by atoms with Gasteiger partial charge in [-0.15, -0.1) is 11.8 Å². The molecule has 0 aliphatic carbocycles. The van der Waals surface area contributed by atoms with Gasteiger partial charge in [0.25, 0.3) is 0 Å². The molecule has 1 aromatic rings. The van der Waals surface area contributed by atoms with Crippen LogP contribution in [-0.2, 0) is 25.6 Å². The van der Waals surface area contributed by atoms with Crippen molar-refractivity contribution in [2.45, 2.75) is 57.2 Å². The molecule has 2 rings (SSSR count). The lowest BCUT2D eigenvalue weighted by Gasteiger charge is -2.43. The largest absolute Gasteiger partial charge is 0.459 e. The Bertz CT molecular complexity index is 609. The molecule has 25 heavy (non-hydrogen) atoms. The Kier molecular flexibility index (Phi) is 7.58. The number of rotatable bonds is 7. The van der Waals surface area contributed by atoms with Gasteiger partial charge in [-0.2, -0.15) is 0 Å². The van der Waals surface area contributed by atoms with E-state index in [0.29, 0.717) is 6.61 Å². The Hall–Kier alpha value is -1.73. The molecule has 7 nitrogen and oxygen atoms in total. The molecule has 1 saturated heterocycles. The van der Waals surface area contributed by atoms with Crippen LogP contribution < -0.4 is 0 Å². The Balaban J connectivity index is 2.24. The van der Waals surface area contributed by atoms with Gasteiger partial charge in [0.2, 0.25) is 0 Å². The van der Waals surface area contributed by atoms with Crippen molar-refractivity contribution in [2.75, 3.05) is 5.75 Å². The first kappa shape index (κ1) is 19.6. The number of ether oxygens (including phenoxy) is 3. The molecule has 1 fully saturated rings. The van der Waals surface area contributed by atoms with Crippen LogP contribution in [0.1, 0.15) is 26.3 Å². The molecular formula is C17H23N3O4S. The lowest BCUT2D eigenvalue weighted by atomic mass is 9.98. The normalized spacial score (nSPS) is 28.8. The quantitative estimate of drug-likeness (QED) is 0.318. The number of nitrogens with zero attached hydrogens (tertiary/aromatic N) is 3. The fourth-order valence-corrected chi connectivity index (χ4v) is 3.78. The summed E-state index contributed by atoms with van der Waals surface area (Å²) < 4.78 is 17.5. The predicted octanol–water partition coefficient (Wildman–Crippen LogP) is 3.68. The molecule has 0 N–H and O–H groups in total. The third-order valence-corrected chi connectivity index (χ3v) is 4.90. The zero-order valence-electron chi connectivity index (χ0n) is 14.6. The molecule has 0 radical (unpaired) electrons. The highest BCUT2D eigenvalue weighted by molar-refractivity contribution is 7.99. The van der Waals surface area contributed by atoms with Gasteiger partial charge in [0, 0.05) is 11.8 Å². The molecule has 0 amide bonds. The van der Waals surface area contributed by atoms with E-state index in [1.807, 2.05) is 44.2 Å². The number of carbonyl (C=O) groups is 1. The van der Waals surface area contributed by atoms with Crippen molar-refractivity contribution in [1.29, 1.82) is 0 Å². The molecule has 0 saturated carbocycles. The Morgan fingerprint density at radius 2 is 2.08 bits per heavy atom. The van der Waals surface area contributed by atoms with Crippen LogP contribution in [-0.4, -0.2) is 41.5 Å². The van der Waals surface area contributed by atoms with Crippen molar-refractivity contribution >= 4 is 17.7 Å². The lowest BCUT2D eigenvalue weighted by molar-refractivity contribution is -0.192. The molecular weight excluding hydrogens is 342 g/mol. The predicted molar refractivity (Wildman–Crippen MR) is 96.0 cm³/mol. The SMILES string of the molecule is CCS[C@H]1O[C@H](C)[C@@H](N=[N+]=[N-])[C@H](OC(C)=O)[C@@H]1OCc1ccccc1. The lowest BCUT2D eigenvalue weighted by Crippen LogP contribution is -2.57. The van der Waals surface area contributed by atoms with Gasteiger partial charge in [0.1, 0.15) is 23.7 Å². The summed E-state index contributed by atoms with van der Waals surface area (Å²) in [6.45, 7) is 5.52. The van der Waals surface area contributed by atoms with E-state index in [1.165, 1.54) is 6.92 Å². The highest BCUT2D eigenvalue weighted by Crippen LogP contribution is 2.34. The van der Waals surface area contributed by atoms with E-state index in [2.05, 4.69) is 10.0 Å². The minimum Gasteiger partial charge on any atom is -0.459 e. The molecule has 0 spiro atoms. The fraction of sp³-hybridized carbons (Fsp3) is 0.588. The van der Waals surface area contributed by atoms with Crippen LogP contribution in [0.3, 0.4) is 0 Å². The molecule has 0 unspecified atom stereocenters. The van der Waals surface area contributed by atoms with Crippen LogP contribution in [0, 0.1) is 0 Å². The molecule has 1 aliphatic heterocycles. The van der Waals surface area contributed by atoms with Gasteiger partial charge in [0.05, 0.1) is 12.7 Å². The standard InChI is InChI=1S/C17H23N3O4S/c1-4-25-17-16(22-10-13-8-6-5-7-9-13)15(24-12(3)21)14(19-20-18)11(2)23-17/h5-9,11,14-17H,4,10H2,1-3H3/t11-,14-,15+,16+,17-/m1/s1. The molecule has 5 atom stereocenters. The number of hydrogen-bond donors (Lipinski definition) is 0. The second-order valence-electron chi connectivity index (χ2n) is 5.70. The number of thioether (sulfide) groups is 1. The van der Waals surface area contributed by atoms with Crippen LogP contribution in [0.4, 0.5) is 0 Å². The van der Waals surface area contributed by atoms with Crippen LogP contribution in [0.5, 0.6) is 0 Å². The first-order chi connectivity index (χ1) is 12.1. The third-order valence-electron chi connectivity index (χ3n) is 3.86. The fourth-order valence-electron chi connectivity index (χ4n) is 2.77. The third kappa shape index (κ3) is 5.37. The van der Waals surface area contributed by atoms with Gasteiger partial charge in [-0.05, 0) is 23.8 Å². The van der Waals surface area contributed by atoms with Gasteiger partial charge >= 0.3 is 5.97 Å². The maximum atomic E-state index is 11.6. The molecule has 0 aromatic heterocycles. The maximum absolute atomic E-state index is 11.6. The second-order valence-corrected chi connectivity index (χ2v) is 7.07. The molecule has 0 bridgehead atoms. The highest BCUT2D eigenvalue weighted by atomic mass is 32.2. The summed E-state index contributed by atoms with van der Waals surface area (Å²) in [4.78, 5) is 14.5. The van der Waals surface area contributed by atoms with Gasteiger partial charge in [-0.1, -0.05) is 42.4 Å². The minimum absolute atomic E-state index is 0.307. The average Bonchev–Trinajstić information content (AvgIpc) is 2.58. The van der Waals surface area contributed by atoms with Crippen molar-refractivity contribution in [3.63, 3.8) is 0 Å². The number of azide groups is 1.